The maximum Gasteiger partial charge on any atom is 0.262 e. The molecule has 0 bridgehead atoms. The number of hydrogen-bond acceptors (Lipinski definition) is 7. The van der Waals surface area contributed by atoms with Crippen LogP contribution in [0.3, 0.4) is 0 Å². The molecule has 4 aliphatic rings. The topological polar surface area (TPSA) is 139 Å². The van der Waals surface area contributed by atoms with Gasteiger partial charge in [-0.15, -0.1) is 0 Å². The molecule has 0 aromatic heterocycles. The third kappa shape index (κ3) is 4.37. The molecule has 1 N–H and O–H groups in total. The molecular weight excluding hydrogens is 450 g/mol. The highest BCUT2D eigenvalue weighted by molar-refractivity contribution is 6.23. The molecule has 1 spiro atoms. The molecule has 1 aromatic rings. The minimum absolute atomic E-state index is 0.107. The molecule has 0 radical (unpaired) electrons. The van der Waals surface area contributed by atoms with Crippen LogP contribution in [0.1, 0.15) is 59.2 Å². The van der Waals surface area contributed by atoms with Gasteiger partial charge in [0.25, 0.3) is 11.8 Å². The molecule has 1 unspecified atom stereocenters. The number of piperidine rings is 3. The van der Waals surface area contributed by atoms with Crippen molar-refractivity contribution in [3.63, 3.8) is 0 Å². The van der Waals surface area contributed by atoms with Crippen LogP contribution in [0.25, 0.3) is 10.4 Å². The molecule has 3 fully saturated rings. The van der Waals surface area contributed by atoms with E-state index in [1.54, 1.807) is 12.1 Å². The van der Waals surface area contributed by atoms with Crippen LogP contribution in [-0.4, -0.2) is 78.7 Å². The molecule has 4 heterocycles. The first-order valence-electron chi connectivity index (χ1n) is 12.2. The summed E-state index contributed by atoms with van der Waals surface area (Å²) in [5, 5.41) is 5.86. The highest BCUT2D eigenvalue weighted by Gasteiger charge is 2.45. The summed E-state index contributed by atoms with van der Waals surface area (Å²) >= 11 is 0. The van der Waals surface area contributed by atoms with Gasteiger partial charge in [0.05, 0.1) is 11.1 Å². The summed E-state index contributed by atoms with van der Waals surface area (Å²) in [6, 6.07) is 4.39. The van der Waals surface area contributed by atoms with Crippen LogP contribution < -0.4 is 10.2 Å². The standard InChI is InChI=1S/C24H29N7O4/c25-28-26-9-14-29-10-5-24(6-11-29)7-12-30(13-8-24)16-1-2-17-18(15-16)23(35)31(22(17)34)19-3-4-20(32)27-21(19)33/h1-2,15,19H,3-14H2,(H,27,32,33). The second kappa shape index (κ2) is 9.31. The minimum Gasteiger partial charge on any atom is -0.371 e. The lowest BCUT2D eigenvalue weighted by molar-refractivity contribution is -0.136. The Morgan fingerprint density at radius 3 is 2.37 bits per heavy atom. The van der Waals surface area contributed by atoms with Crippen LogP contribution in [0.4, 0.5) is 5.69 Å². The number of carbonyl (C=O) groups is 4. The van der Waals surface area contributed by atoms with Gasteiger partial charge in [0.15, 0.2) is 0 Å². The Kier molecular flexibility index (Phi) is 6.21. The molecule has 4 amide bonds. The number of benzene rings is 1. The Bertz CT molecular complexity index is 1110. The van der Waals surface area contributed by atoms with Crippen molar-refractivity contribution in [2.75, 3.05) is 44.2 Å². The Hall–Kier alpha value is -3.43. The molecular formula is C24H29N7O4. The number of carbonyl (C=O) groups excluding carboxylic acids is 4. The summed E-state index contributed by atoms with van der Waals surface area (Å²) in [6.07, 6.45) is 4.67. The average Bonchev–Trinajstić information content (AvgIpc) is 3.11. The van der Waals surface area contributed by atoms with Crippen molar-refractivity contribution in [2.24, 2.45) is 10.5 Å². The van der Waals surface area contributed by atoms with E-state index in [1.807, 2.05) is 6.07 Å². The predicted octanol–water partition coefficient (Wildman–Crippen LogP) is 2.08. The van der Waals surface area contributed by atoms with E-state index in [-0.39, 0.29) is 18.7 Å². The molecule has 11 heteroatoms. The Morgan fingerprint density at radius 2 is 1.69 bits per heavy atom. The van der Waals surface area contributed by atoms with E-state index in [2.05, 4.69) is 25.1 Å². The van der Waals surface area contributed by atoms with E-state index >= 15 is 0 Å². The van der Waals surface area contributed by atoms with Crippen molar-refractivity contribution in [2.45, 2.75) is 44.6 Å². The van der Waals surface area contributed by atoms with Gasteiger partial charge in [-0.1, -0.05) is 5.11 Å². The van der Waals surface area contributed by atoms with Gasteiger partial charge in [-0.2, -0.15) is 0 Å². The number of likely N-dealkylation sites (tertiary alicyclic amines) is 1. The summed E-state index contributed by atoms with van der Waals surface area (Å²) in [5.41, 5.74) is 10.3. The molecule has 4 aliphatic heterocycles. The van der Waals surface area contributed by atoms with Crippen LogP contribution in [0, 0.1) is 5.41 Å². The predicted molar refractivity (Wildman–Crippen MR) is 127 cm³/mol. The third-order valence-electron chi connectivity index (χ3n) is 8.11. The van der Waals surface area contributed by atoms with Gasteiger partial charge < -0.3 is 9.80 Å². The number of azide groups is 1. The Labute approximate surface area is 203 Å². The monoisotopic (exact) mass is 479 g/mol. The van der Waals surface area contributed by atoms with Gasteiger partial charge >= 0.3 is 0 Å². The van der Waals surface area contributed by atoms with Crippen LogP contribution in [-0.2, 0) is 9.59 Å². The lowest BCUT2D eigenvalue weighted by atomic mass is 9.71. The van der Waals surface area contributed by atoms with E-state index < -0.39 is 23.8 Å². The number of fused-ring (bicyclic) bond motifs is 1. The summed E-state index contributed by atoms with van der Waals surface area (Å²) in [5.74, 6) is -1.92. The molecule has 3 saturated heterocycles. The first-order chi connectivity index (χ1) is 16.9. The number of nitrogens with one attached hydrogen (secondary N) is 1. The quantitative estimate of drug-likeness (QED) is 0.297. The molecule has 1 atom stereocenters. The highest BCUT2D eigenvalue weighted by Crippen LogP contribution is 2.42. The maximum atomic E-state index is 13.1. The minimum atomic E-state index is -0.948. The van der Waals surface area contributed by atoms with E-state index in [4.69, 9.17) is 5.53 Å². The van der Waals surface area contributed by atoms with Gasteiger partial charge in [-0.3, -0.25) is 29.4 Å². The Morgan fingerprint density at radius 1 is 1.00 bits per heavy atom. The van der Waals surface area contributed by atoms with Crippen LogP contribution in [0.2, 0.25) is 0 Å². The largest absolute Gasteiger partial charge is 0.371 e. The zero-order chi connectivity index (χ0) is 24.6. The Balaban J connectivity index is 1.22. The second-order valence-corrected chi connectivity index (χ2v) is 9.96. The number of hydrogen-bond donors (Lipinski definition) is 1. The fourth-order valence-corrected chi connectivity index (χ4v) is 5.88. The average molecular weight is 480 g/mol. The first kappa shape index (κ1) is 23.3. The van der Waals surface area contributed by atoms with Crippen molar-refractivity contribution in [1.29, 1.82) is 0 Å². The first-order valence-corrected chi connectivity index (χ1v) is 12.2. The van der Waals surface area contributed by atoms with Crippen molar-refractivity contribution in [1.82, 2.24) is 15.1 Å². The third-order valence-corrected chi connectivity index (χ3v) is 8.11. The van der Waals surface area contributed by atoms with E-state index in [1.165, 1.54) is 0 Å². The van der Waals surface area contributed by atoms with Gasteiger partial charge in [0.1, 0.15) is 6.04 Å². The second-order valence-electron chi connectivity index (χ2n) is 9.96. The fourth-order valence-electron chi connectivity index (χ4n) is 5.88. The van der Waals surface area contributed by atoms with Crippen LogP contribution in [0.5, 0.6) is 0 Å². The van der Waals surface area contributed by atoms with E-state index in [0.29, 0.717) is 23.1 Å². The maximum absolute atomic E-state index is 13.1. The zero-order valence-electron chi connectivity index (χ0n) is 19.6. The molecule has 35 heavy (non-hydrogen) atoms. The summed E-state index contributed by atoms with van der Waals surface area (Å²) < 4.78 is 0. The fraction of sp³-hybridized carbons (Fsp3) is 0.583. The lowest BCUT2D eigenvalue weighted by Gasteiger charge is -2.47. The lowest BCUT2D eigenvalue weighted by Crippen LogP contribution is -2.54. The normalized spacial score (nSPS) is 24.4. The van der Waals surface area contributed by atoms with Crippen LogP contribution >= 0.6 is 0 Å². The number of amides is 4. The van der Waals surface area contributed by atoms with Gasteiger partial charge in [0, 0.05) is 43.2 Å². The molecule has 11 nitrogen and oxygen atoms in total. The molecule has 0 aliphatic carbocycles. The summed E-state index contributed by atoms with van der Waals surface area (Å²) in [4.78, 5) is 58.3. The number of anilines is 1. The number of nitrogens with zero attached hydrogens (tertiary/aromatic N) is 6. The molecule has 1 aromatic carbocycles. The van der Waals surface area contributed by atoms with Gasteiger partial charge in [-0.05, 0) is 74.3 Å². The zero-order valence-corrected chi connectivity index (χ0v) is 19.6. The number of imide groups is 2. The number of rotatable bonds is 5. The summed E-state index contributed by atoms with van der Waals surface area (Å²) in [6.45, 7) is 5.13. The summed E-state index contributed by atoms with van der Waals surface area (Å²) in [7, 11) is 0. The van der Waals surface area contributed by atoms with Crippen molar-refractivity contribution >= 4 is 29.3 Å². The highest BCUT2D eigenvalue weighted by atomic mass is 16.2. The van der Waals surface area contributed by atoms with Crippen molar-refractivity contribution < 1.29 is 19.2 Å². The van der Waals surface area contributed by atoms with Crippen molar-refractivity contribution in [3.05, 3.63) is 39.8 Å². The molecule has 0 saturated carbocycles. The smallest absolute Gasteiger partial charge is 0.262 e. The van der Waals surface area contributed by atoms with Crippen molar-refractivity contribution in [3.8, 4) is 0 Å². The molecule has 184 valence electrons. The van der Waals surface area contributed by atoms with E-state index in [0.717, 1.165) is 69.0 Å². The van der Waals surface area contributed by atoms with Gasteiger partial charge in [-0.25, -0.2) is 0 Å². The van der Waals surface area contributed by atoms with Gasteiger partial charge in [0.2, 0.25) is 11.8 Å². The SMILES string of the molecule is [N-]=[N+]=NCCN1CCC2(CC1)CCN(c1ccc3c(c1)C(=O)N(C1CCC(=O)NC1=O)C3=O)CC2. The van der Waals surface area contributed by atoms with E-state index in [9.17, 15) is 19.2 Å². The van der Waals surface area contributed by atoms with Crippen LogP contribution in [0.15, 0.2) is 23.3 Å². The molecule has 5 rings (SSSR count).